The van der Waals surface area contributed by atoms with E-state index in [1.165, 1.54) is 0 Å². The van der Waals surface area contributed by atoms with Crippen molar-refractivity contribution in [3.8, 4) is 17.3 Å². The maximum Gasteiger partial charge on any atom is 0.268 e. The SMILES string of the molecule is Cc1nnc(-c2ncn3c2CN(Cc2ccccc2)C(=O)c2ccccc2-3)o1. The van der Waals surface area contributed by atoms with Crippen molar-refractivity contribution in [1.29, 1.82) is 0 Å². The van der Waals surface area contributed by atoms with Crippen molar-refractivity contribution in [2.75, 3.05) is 0 Å². The number of carbonyl (C=O) groups is 1. The standard InChI is InChI=1S/C21H17N5O2/c1-14-23-24-20(28-14)19-18-12-25(11-15-7-3-2-4-8-15)21(27)16-9-5-6-10-17(16)26(18)13-22-19/h2-10,13H,11-12H2,1H3. The third-order valence-electron chi connectivity index (χ3n) is 4.83. The highest BCUT2D eigenvalue weighted by atomic mass is 16.4. The van der Waals surface area contributed by atoms with E-state index in [0.29, 0.717) is 36.1 Å². The molecule has 1 aliphatic rings. The quantitative estimate of drug-likeness (QED) is 0.552. The van der Waals surface area contributed by atoms with Crippen LogP contribution in [0.2, 0.25) is 0 Å². The molecule has 4 aromatic rings. The lowest BCUT2D eigenvalue weighted by molar-refractivity contribution is 0.0733. The van der Waals surface area contributed by atoms with Gasteiger partial charge in [0, 0.05) is 13.5 Å². The zero-order valence-electron chi connectivity index (χ0n) is 15.2. The van der Waals surface area contributed by atoms with Crippen molar-refractivity contribution in [3.05, 3.63) is 83.6 Å². The fraction of sp³-hybridized carbons (Fsp3) is 0.143. The number of hydrogen-bond acceptors (Lipinski definition) is 5. The molecule has 7 nitrogen and oxygen atoms in total. The first-order valence-corrected chi connectivity index (χ1v) is 9.00. The average Bonchev–Trinajstić information content (AvgIpc) is 3.31. The normalized spacial score (nSPS) is 13.2. The smallest absolute Gasteiger partial charge is 0.268 e. The third-order valence-corrected chi connectivity index (χ3v) is 4.83. The molecule has 138 valence electrons. The Morgan fingerprint density at radius 1 is 1.04 bits per heavy atom. The molecule has 0 aliphatic carbocycles. The summed E-state index contributed by atoms with van der Waals surface area (Å²) in [5, 5.41) is 8.03. The summed E-state index contributed by atoms with van der Waals surface area (Å²) < 4.78 is 7.54. The van der Waals surface area contributed by atoms with Crippen molar-refractivity contribution in [3.63, 3.8) is 0 Å². The molecule has 2 aromatic heterocycles. The van der Waals surface area contributed by atoms with E-state index in [9.17, 15) is 4.79 Å². The molecule has 2 aromatic carbocycles. The zero-order valence-corrected chi connectivity index (χ0v) is 15.2. The van der Waals surface area contributed by atoms with Crippen LogP contribution in [0, 0.1) is 6.92 Å². The number of imidazole rings is 1. The van der Waals surface area contributed by atoms with E-state index >= 15 is 0 Å². The molecule has 0 radical (unpaired) electrons. The Morgan fingerprint density at radius 3 is 2.61 bits per heavy atom. The van der Waals surface area contributed by atoms with Crippen LogP contribution in [0.15, 0.2) is 65.3 Å². The molecule has 0 N–H and O–H groups in total. The Balaban J connectivity index is 1.65. The van der Waals surface area contributed by atoms with Crippen molar-refractivity contribution in [2.24, 2.45) is 0 Å². The van der Waals surface area contributed by atoms with Crippen LogP contribution in [0.25, 0.3) is 17.3 Å². The third kappa shape index (κ3) is 2.68. The predicted octanol–water partition coefficient (Wildman–Crippen LogP) is 3.39. The number of hydrogen-bond donors (Lipinski definition) is 0. The molecule has 0 bridgehead atoms. The first-order chi connectivity index (χ1) is 13.7. The summed E-state index contributed by atoms with van der Waals surface area (Å²) >= 11 is 0. The molecule has 0 fully saturated rings. The Bertz CT molecular complexity index is 1160. The van der Waals surface area contributed by atoms with E-state index in [0.717, 1.165) is 16.9 Å². The van der Waals surface area contributed by atoms with Gasteiger partial charge in [0.15, 0.2) is 5.69 Å². The van der Waals surface area contributed by atoms with Crippen LogP contribution < -0.4 is 0 Å². The molecule has 1 amide bonds. The summed E-state index contributed by atoms with van der Waals surface area (Å²) in [5.74, 6) is 0.816. The number of benzene rings is 2. The lowest BCUT2D eigenvalue weighted by Crippen LogP contribution is -2.29. The molecule has 0 atom stereocenters. The molecule has 3 heterocycles. The number of para-hydroxylation sites is 1. The first kappa shape index (κ1) is 16.4. The molecule has 5 rings (SSSR count). The van der Waals surface area contributed by atoms with Crippen LogP contribution in [-0.4, -0.2) is 30.6 Å². The molecule has 0 spiro atoms. The lowest BCUT2D eigenvalue weighted by atomic mass is 10.1. The van der Waals surface area contributed by atoms with E-state index in [1.54, 1.807) is 13.3 Å². The van der Waals surface area contributed by atoms with E-state index in [-0.39, 0.29) is 5.91 Å². The van der Waals surface area contributed by atoms with Gasteiger partial charge in [0.1, 0.15) is 6.33 Å². The summed E-state index contributed by atoms with van der Waals surface area (Å²) in [6.45, 7) is 2.63. The van der Waals surface area contributed by atoms with Crippen molar-refractivity contribution in [2.45, 2.75) is 20.0 Å². The van der Waals surface area contributed by atoms with Crippen LogP contribution >= 0.6 is 0 Å². The van der Waals surface area contributed by atoms with Gasteiger partial charge in [0.2, 0.25) is 5.89 Å². The van der Waals surface area contributed by atoms with Gasteiger partial charge in [-0.3, -0.25) is 9.36 Å². The first-order valence-electron chi connectivity index (χ1n) is 9.00. The van der Waals surface area contributed by atoms with Crippen LogP contribution in [0.5, 0.6) is 0 Å². The summed E-state index contributed by atoms with van der Waals surface area (Å²) in [4.78, 5) is 19.6. The maximum absolute atomic E-state index is 13.3. The second-order valence-corrected chi connectivity index (χ2v) is 6.70. The van der Waals surface area contributed by atoms with Crippen LogP contribution in [0.4, 0.5) is 0 Å². The van der Waals surface area contributed by atoms with Gasteiger partial charge in [-0.2, -0.15) is 0 Å². The average molecular weight is 371 g/mol. The molecule has 28 heavy (non-hydrogen) atoms. The topological polar surface area (TPSA) is 77.1 Å². The van der Waals surface area contributed by atoms with Crippen molar-refractivity contribution in [1.82, 2.24) is 24.6 Å². The van der Waals surface area contributed by atoms with Gasteiger partial charge >= 0.3 is 0 Å². The number of nitrogens with zero attached hydrogens (tertiary/aromatic N) is 5. The number of rotatable bonds is 3. The highest BCUT2D eigenvalue weighted by Crippen LogP contribution is 2.31. The lowest BCUT2D eigenvalue weighted by Gasteiger charge is -2.21. The minimum Gasteiger partial charge on any atom is -0.420 e. The van der Waals surface area contributed by atoms with Gasteiger partial charge < -0.3 is 9.32 Å². The Labute approximate surface area is 161 Å². The number of aryl methyl sites for hydroxylation is 1. The minimum absolute atomic E-state index is 0.0178. The van der Waals surface area contributed by atoms with Gasteiger partial charge in [-0.1, -0.05) is 42.5 Å². The molecule has 1 aliphatic heterocycles. The summed E-state index contributed by atoms with van der Waals surface area (Å²) in [6, 6.07) is 17.5. The van der Waals surface area contributed by atoms with Gasteiger partial charge in [-0.15, -0.1) is 10.2 Å². The highest BCUT2D eigenvalue weighted by Gasteiger charge is 2.29. The van der Waals surface area contributed by atoms with E-state index in [2.05, 4.69) is 15.2 Å². The fourth-order valence-corrected chi connectivity index (χ4v) is 3.52. The summed E-state index contributed by atoms with van der Waals surface area (Å²) in [7, 11) is 0. The van der Waals surface area contributed by atoms with Gasteiger partial charge in [0.25, 0.3) is 11.8 Å². The minimum atomic E-state index is -0.0178. The fourth-order valence-electron chi connectivity index (χ4n) is 3.52. The maximum atomic E-state index is 13.3. The predicted molar refractivity (Wildman–Crippen MR) is 102 cm³/mol. The zero-order chi connectivity index (χ0) is 19.1. The van der Waals surface area contributed by atoms with E-state index in [4.69, 9.17) is 4.42 Å². The molecule has 7 heteroatoms. The van der Waals surface area contributed by atoms with Gasteiger partial charge in [-0.05, 0) is 17.7 Å². The van der Waals surface area contributed by atoms with Crippen molar-refractivity contribution >= 4 is 5.91 Å². The second kappa shape index (κ2) is 6.45. The van der Waals surface area contributed by atoms with E-state index in [1.807, 2.05) is 64.1 Å². The number of aromatic nitrogens is 4. The Hall–Kier alpha value is -3.74. The number of carbonyl (C=O) groups excluding carboxylic acids is 1. The largest absolute Gasteiger partial charge is 0.420 e. The van der Waals surface area contributed by atoms with Crippen LogP contribution in [0.1, 0.15) is 27.5 Å². The molecule has 0 unspecified atom stereocenters. The van der Waals surface area contributed by atoms with E-state index < -0.39 is 0 Å². The summed E-state index contributed by atoms with van der Waals surface area (Å²) in [6.07, 6.45) is 1.71. The highest BCUT2D eigenvalue weighted by molar-refractivity contribution is 5.98. The molecular formula is C21H17N5O2. The van der Waals surface area contributed by atoms with Gasteiger partial charge in [0.05, 0.1) is 23.5 Å². The van der Waals surface area contributed by atoms with Gasteiger partial charge in [-0.25, -0.2) is 4.98 Å². The number of fused-ring (bicyclic) bond motifs is 3. The van der Waals surface area contributed by atoms with Crippen LogP contribution in [0.3, 0.4) is 0 Å². The second-order valence-electron chi connectivity index (χ2n) is 6.70. The molecular weight excluding hydrogens is 354 g/mol. The monoisotopic (exact) mass is 371 g/mol. The molecule has 0 saturated heterocycles. The Morgan fingerprint density at radius 2 is 1.82 bits per heavy atom. The molecule has 0 saturated carbocycles. The van der Waals surface area contributed by atoms with Crippen LogP contribution in [-0.2, 0) is 13.1 Å². The van der Waals surface area contributed by atoms with Crippen molar-refractivity contribution < 1.29 is 9.21 Å². The Kier molecular flexibility index (Phi) is 3.79. The summed E-state index contributed by atoms with van der Waals surface area (Å²) in [5.41, 5.74) is 3.95. The number of amides is 1.